The molecule has 0 saturated carbocycles. The van der Waals surface area contributed by atoms with Gasteiger partial charge in [0.2, 0.25) is 0 Å². The zero-order chi connectivity index (χ0) is 19.1. The normalized spacial score (nSPS) is 17.2. The Morgan fingerprint density at radius 3 is 2.56 bits per heavy atom. The maximum absolute atomic E-state index is 11.8. The van der Waals surface area contributed by atoms with Crippen molar-refractivity contribution < 1.29 is 29.3 Å². The molecule has 1 fully saturated rings. The number of hydrogen-bond acceptors (Lipinski definition) is 7. The van der Waals surface area contributed by atoms with Gasteiger partial charge in [0, 0.05) is 19.6 Å². The second-order valence-electron chi connectivity index (χ2n) is 7.11. The van der Waals surface area contributed by atoms with Crippen LogP contribution in [0.5, 0.6) is 0 Å². The van der Waals surface area contributed by atoms with E-state index in [1.165, 1.54) is 11.0 Å². The summed E-state index contributed by atoms with van der Waals surface area (Å²) >= 11 is 0. The third-order valence-corrected chi connectivity index (χ3v) is 3.27. The average molecular weight is 359 g/mol. The minimum Gasteiger partial charge on any atom is -0.445 e. The van der Waals surface area contributed by atoms with Gasteiger partial charge in [0.25, 0.3) is 0 Å². The van der Waals surface area contributed by atoms with E-state index in [0.717, 1.165) is 0 Å². The Morgan fingerprint density at radius 1 is 1.36 bits per heavy atom. The van der Waals surface area contributed by atoms with Crippen molar-refractivity contribution in [1.29, 1.82) is 0 Å². The van der Waals surface area contributed by atoms with E-state index >= 15 is 0 Å². The van der Waals surface area contributed by atoms with Crippen LogP contribution in [0.1, 0.15) is 20.8 Å². The first kappa shape index (κ1) is 21.2. The number of carbonyl (C=O) groups is 2. The van der Waals surface area contributed by atoms with Crippen molar-refractivity contribution in [3.05, 3.63) is 12.7 Å². The summed E-state index contributed by atoms with van der Waals surface area (Å²) in [6.45, 7) is 9.59. The van der Waals surface area contributed by atoms with Gasteiger partial charge in [0.15, 0.2) is 0 Å². The molecule has 1 heterocycles. The molecule has 1 saturated heterocycles. The number of ether oxygens (including phenoxy) is 2. The quantitative estimate of drug-likeness (QED) is 0.444. The van der Waals surface area contributed by atoms with Gasteiger partial charge in [-0.15, -0.1) is 0 Å². The van der Waals surface area contributed by atoms with E-state index in [1.54, 1.807) is 20.8 Å². The highest BCUT2D eigenvalue weighted by Crippen LogP contribution is 2.22. The summed E-state index contributed by atoms with van der Waals surface area (Å²) in [7, 11) is 0. The molecule has 1 atom stereocenters. The zero-order valence-corrected chi connectivity index (χ0v) is 15.1. The number of nitrogens with zero attached hydrogens (tertiary/aromatic N) is 1. The molecule has 1 rings (SSSR count). The van der Waals surface area contributed by atoms with Crippen molar-refractivity contribution in [2.45, 2.75) is 38.1 Å². The summed E-state index contributed by atoms with van der Waals surface area (Å²) in [6, 6.07) is 0. The highest BCUT2D eigenvalue weighted by atomic mass is 16.6. The third kappa shape index (κ3) is 8.19. The minimum atomic E-state index is -1.05. The van der Waals surface area contributed by atoms with Gasteiger partial charge in [-0.3, -0.25) is 0 Å². The lowest BCUT2D eigenvalue weighted by molar-refractivity contribution is -0.0965. The monoisotopic (exact) mass is 359 g/mol. The molecule has 1 aliphatic heterocycles. The van der Waals surface area contributed by atoms with Crippen LogP contribution in [0.15, 0.2) is 12.7 Å². The molecule has 0 aromatic rings. The number of alkyl carbamates (subject to hydrolysis) is 1. The largest absolute Gasteiger partial charge is 0.445 e. The van der Waals surface area contributed by atoms with Crippen LogP contribution in [0, 0.1) is 0 Å². The molecular formula is C16H29N3O6. The van der Waals surface area contributed by atoms with E-state index in [4.69, 9.17) is 9.47 Å². The van der Waals surface area contributed by atoms with E-state index in [-0.39, 0.29) is 39.3 Å². The fourth-order valence-electron chi connectivity index (χ4n) is 2.16. The molecule has 144 valence electrons. The first-order valence-electron chi connectivity index (χ1n) is 8.15. The van der Waals surface area contributed by atoms with E-state index in [1.807, 2.05) is 0 Å². The number of aliphatic hydroxyl groups is 2. The predicted molar refractivity (Wildman–Crippen MR) is 91.2 cm³/mol. The summed E-state index contributed by atoms with van der Waals surface area (Å²) in [5.74, 6) is 0. The SMILES string of the molecule is C=CCOC(=O)NC[C@@H](O)CNCC1(O)CN(C(=O)OC(C)(C)C)C1. The standard InChI is InChI=1S/C16H29N3O6/c1-5-6-24-13(21)18-8-12(20)7-17-9-16(23)10-19(11-16)14(22)25-15(2,3)4/h5,12,17,20,23H,1,6-11H2,2-4H3,(H,18,21)/t12-/m0/s1. The van der Waals surface area contributed by atoms with Crippen molar-refractivity contribution in [2.24, 2.45) is 0 Å². The third-order valence-electron chi connectivity index (χ3n) is 3.27. The van der Waals surface area contributed by atoms with Gasteiger partial charge in [-0.1, -0.05) is 12.7 Å². The summed E-state index contributed by atoms with van der Waals surface area (Å²) in [5.41, 5.74) is -1.63. The maximum Gasteiger partial charge on any atom is 0.410 e. The van der Waals surface area contributed by atoms with Crippen LogP contribution < -0.4 is 10.6 Å². The average Bonchev–Trinajstić information content (AvgIpc) is 2.46. The van der Waals surface area contributed by atoms with Gasteiger partial charge in [0.05, 0.1) is 19.2 Å². The number of hydrogen-bond donors (Lipinski definition) is 4. The van der Waals surface area contributed by atoms with Crippen LogP contribution in [0.3, 0.4) is 0 Å². The highest BCUT2D eigenvalue weighted by Gasteiger charge is 2.44. The van der Waals surface area contributed by atoms with Crippen LogP contribution in [-0.4, -0.2) is 83.9 Å². The van der Waals surface area contributed by atoms with E-state index in [9.17, 15) is 19.8 Å². The number of rotatable bonds is 8. The second kappa shape index (κ2) is 9.02. The fourth-order valence-corrected chi connectivity index (χ4v) is 2.16. The molecule has 0 spiro atoms. The summed E-state index contributed by atoms with van der Waals surface area (Å²) in [4.78, 5) is 24.4. The molecule has 0 unspecified atom stereocenters. The Balaban J connectivity index is 2.17. The van der Waals surface area contributed by atoms with Crippen molar-refractivity contribution in [1.82, 2.24) is 15.5 Å². The first-order valence-corrected chi connectivity index (χ1v) is 8.15. The van der Waals surface area contributed by atoms with E-state index in [0.29, 0.717) is 0 Å². The van der Waals surface area contributed by atoms with Gasteiger partial charge >= 0.3 is 12.2 Å². The Labute approximate surface area is 148 Å². The van der Waals surface area contributed by atoms with Crippen molar-refractivity contribution in [3.63, 3.8) is 0 Å². The Morgan fingerprint density at radius 2 is 2.00 bits per heavy atom. The molecule has 25 heavy (non-hydrogen) atoms. The first-order chi connectivity index (χ1) is 11.5. The number of aliphatic hydroxyl groups excluding tert-OH is 1. The van der Waals surface area contributed by atoms with Gasteiger partial charge in [-0.2, -0.15) is 0 Å². The number of nitrogens with one attached hydrogen (secondary N) is 2. The zero-order valence-electron chi connectivity index (χ0n) is 15.1. The van der Waals surface area contributed by atoms with Crippen molar-refractivity contribution >= 4 is 12.2 Å². The summed E-state index contributed by atoms with van der Waals surface area (Å²) < 4.78 is 9.92. The van der Waals surface area contributed by atoms with E-state index < -0.39 is 29.5 Å². The van der Waals surface area contributed by atoms with Crippen LogP contribution >= 0.6 is 0 Å². The molecule has 0 aromatic carbocycles. The minimum absolute atomic E-state index is 0.0193. The molecule has 1 aliphatic rings. The lowest BCUT2D eigenvalue weighted by Crippen LogP contribution is -2.68. The Bertz CT molecular complexity index is 471. The number of carbonyl (C=O) groups excluding carboxylic acids is 2. The summed E-state index contributed by atoms with van der Waals surface area (Å²) in [6.07, 6.45) is -0.483. The Hall–Kier alpha value is -1.84. The molecule has 9 heteroatoms. The molecule has 0 aliphatic carbocycles. The Kier molecular flexibility index (Phi) is 7.65. The van der Waals surface area contributed by atoms with Crippen LogP contribution in [0.2, 0.25) is 0 Å². The molecular weight excluding hydrogens is 330 g/mol. The molecule has 9 nitrogen and oxygen atoms in total. The number of amides is 2. The molecule has 0 radical (unpaired) electrons. The van der Waals surface area contributed by atoms with Gasteiger partial charge < -0.3 is 35.2 Å². The summed E-state index contributed by atoms with van der Waals surface area (Å²) in [5, 5.41) is 25.3. The molecule has 0 aromatic heterocycles. The smallest absolute Gasteiger partial charge is 0.410 e. The second-order valence-corrected chi connectivity index (χ2v) is 7.11. The van der Waals surface area contributed by atoms with Crippen LogP contribution in [0.25, 0.3) is 0 Å². The van der Waals surface area contributed by atoms with Crippen LogP contribution in [-0.2, 0) is 9.47 Å². The fraction of sp³-hybridized carbons (Fsp3) is 0.750. The van der Waals surface area contributed by atoms with Crippen LogP contribution in [0.4, 0.5) is 9.59 Å². The van der Waals surface area contributed by atoms with Crippen molar-refractivity contribution in [3.8, 4) is 0 Å². The van der Waals surface area contributed by atoms with Gasteiger partial charge in [0.1, 0.15) is 17.8 Å². The molecule has 4 N–H and O–H groups in total. The molecule has 2 amide bonds. The lowest BCUT2D eigenvalue weighted by atomic mass is 9.94. The maximum atomic E-state index is 11.8. The number of likely N-dealkylation sites (tertiary alicyclic amines) is 1. The molecule has 0 bridgehead atoms. The predicted octanol–water partition coefficient (Wildman–Crippen LogP) is -0.169. The van der Waals surface area contributed by atoms with Gasteiger partial charge in [-0.05, 0) is 20.8 Å². The topological polar surface area (TPSA) is 120 Å². The lowest BCUT2D eigenvalue weighted by Gasteiger charge is -2.46. The number of β-amino-alcohol motifs (C(OH)–C–C–N with tert-alkyl or cyclic N) is 1. The van der Waals surface area contributed by atoms with Gasteiger partial charge in [-0.25, -0.2) is 9.59 Å². The van der Waals surface area contributed by atoms with Crippen molar-refractivity contribution in [2.75, 3.05) is 39.3 Å². The van der Waals surface area contributed by atoms with E-state index in [2.05, 4.69) is 17.2 Å². The highest BCUT2D eigenvalue weighted by molar-refractivity contribution is 5.69.